The molecule has 0 atom stereocenters. The van der Waals surface area contributed by atoms with Gasteiger partial charge in [-0.05, 0) is 18.4 Å². The fourth-order valence-electron chi connectivity index (χ4n) is 2.53. The number of rotatable bonds is 5. The predicted octanol–water partition coefficient (Wildman–Crippen LogP) is 4.35. The Morgan fingerprint density at radius 3 is 2.27 bits per heavy atom. The van der Waals surface area contributed by atoms with Crippen molar-refractivity contribution in [1.29, 1.82) is 0 Å². The third kappa shape index (κ3) is 2.96. The van der Waals surface area contributed by atoms with Gasteiger partial charge in [-0.25, -0.2) is 23.7 Å². The Morgan fingerprint density at radius 1 is 1.08 bits per heavy atom. The minimum absolute atomic E-state index is 0.0695. The zero-order valence-corrected chi connectivity index (χ0v) is 15.2. The van der Waals surface area contributed by atoms with Crippen molar-refractivity contribution in [2.45, 2.75) is 5.16 Å². The lowest BCUT2D eigenvalue weighted by atomic mass is 10.1. The lowest BCUT2D eigenvalue weighted by Gasteiger charge is -2.13. The summed E-state index contributed by atoms with van der Waals surface area (Å²) in [7, 11) is 2.58. The van der Waals surface area contributed by atoms with E-state index in [1.165, 1.54) is 38.1 Å². The van der Waals surface area contributed by atoms with Gasteiger partial charge >= 0.3 is 0 Å². The second-order valence-electron chi connectivity index (χ2n) is 5.18. The van der Waals surface area contributed by atoms with E-state index in [2.05, 4.69) is 21.5 Å². The molecule has 134 valence electrons. The quantitative estimate of drug-likeness (QED) is 0.488. The maximum Gasteiger partial charge on any atom is 0.187 e. The van der Waals surface area contributed by atoms with Crippen molar-refractivity contribution in [1.82, 2.24) is 15.0 Å². The topological polar surface area (TPSA) is 57.1 Å². The zero-order valence-electron chi connectivity index (χ0n) is 14.3. The molecule has 0 aliphatic rings. The lowest BCUT2D eigenvalue weighted by Crippen LogP contribution is -2.02. The number of methoxy groups -OCH3 is 2. The number of thioether (sulfide) groups is 1. The molecule has 0 bridgehead atoms. The summed E-state index contributed by atoms with van der Waals surface area (Å²) in [6.45, 7) is 3.72. The molecule has 2 heterocycles. The van der Waals surface area contributed by atoms with Gasteiger partial charge in [-0.1, -0.05) is 18.3 Å². The third-order valence-corrected chi connectivity index (χ3v) is 4.34. The van der Waals surface area contributed by atoms with Crippen LogP contribution in [-0.2, 0) is 0 Å². The van der Waals surface area contributed by atoms with Crippen LogP contribution in [0.25, 0.3) is 28.2 Å². The Bertz CT molecular complexity index is 983. The smallest absolute Gasteiger partial charge is 0.187 e. The van der Waals surface area contributed by atoms with Gasteiger partial charge in [-0.15, -0.1) is 0 Å². The highest BCUT2D eigenvalue weighted by Crippen LogP contribution is 2.38. The lowest BCUT2D eigenvalue weighted by molar-refractivity contribution is 0.359. The second kappa shape index (κ2) is 7.25. The van der Waals surface area contributed by atoms with Crippen LogP contribution >= 0.6 is 11.8 Å². The molecule has 1 aromatic carbocycles. The standard InChI is InChI=1S/C18H15F2N3O2S/c1-5-10-17-9(8-21-18(23-17)26-4)6-11(22-10)14-15(19)12(24-2)7-13(25-3)16(14)20/h5-8H,1H2,2-4H3. The normalized spacial score (nSPS) is 10.8. The Morgan fingerprint density at radius 2 is 1.73 bits per heavy atom. The van der Waals surface area contributed by atoms with Crippen molar-refractivity contribution in [2.24, 2.45) is 0 Å². The Balaban J connectivity index is 2.34. The Hall–Kier alpha value is -2.74. The largest absolute Gasteiger partial charge is 0.494 e. The van der Waals surface area contributed by atoms with Crippen LogP contribution in [-0.4, -0.2) is 35.4 Å². The van der Waals surface area contributed by atoms with Gasteiger partial charge in [0.1, 0.15) is 5.52 Å². The monoisotopic (exact) mass is 375 g/mol. The SMILES string of the molecule is C=Cc1nc(-c2c(F)c(OC)cc(OC)c2F)cc2cnc(SC)nc12. The number of hydrogen-bond donors (Lipinski definition) is 0. The molecule has 8 heteroatoms. The number of benzene rings is 1. The first-order valence-electron chi connectivity index (χ1n) is 7.48. The summed E-state index contributed by atoms with van der Waals surface area (Å²) in [5, 5.41) is 1.15. The number of halogens is 2. The summed E-state index contributed by atoms with van der Waals surface area (Å²) >= 11 is 1.38. The molecule has 2 aromatic heterocycles. The molecule has 0 saturated carbocycles. The summed E-state index contributed by atoms with van der Waals surface area (Å²) in [6.07, 6.45) is 4.92. The van der Waals surface area contributed by atoms with Gasteiger partial charge in [0.25, 0.3) is 0 Å². The van der Waals surface area contributed by atoms with Crippen molar-refractivity contribution in [3.8, 4) is 22.8 Å². The van der Waals surface area contributed by atoms with Gasteiger partial charge in [-0.3, -0.25) is 0 Å². The zero-order chi connectivity index (χ0) is 18.8. The van der Waals surface area contributed by atoms with E-state index in [9.17, 15) is 8.78 Å². The summed E-state index contributed by atoms with van der Waals surface area (Å²) in [5.41, 5.74) is 0.676. The summed E-state index contributed by atoms with van der Waals surface area (Å²) in [4.78, 5) is 12.9. The average Bonchev–Trinajstić information content (AvgIpc) is 2.67. The van der Waals surface area contributed by atoms with Gasteiger partial charge in [0, 0.05) is 17.6 Å². The molecule has 0 amide bonds. The fourth-order valence-corrected chi connectivity index (χ4v) is 2.87. The highest BCUT2D eigenvalue weighted by Gasteiger charge is 2.23. The minimum Gasteiger partial charge on any atom is -0.494 e. The van der Waals surface area contributed by atoms with E-state index < -0.39 is 11.6 Å². The molecule has 0 aliphatic heterocycles. The summed E-state index contributed by atoms with van der Waals surface area (Å²) in [6, 6.07) is 2.67. The molecule has 0 radical (unpaired) electrons. The van der Waals surface area contributed by atoms with Gasteiger partial charge in [-0.2, -0.15) is 0 Å². The molecule has 0 unspecified atom stereocenters. The molecule has 0 saturated heterocycles. The molecule has 5 nitrogen and oxygen atoms in total. The maximum atomic E-state index is 14.8. The molecule has 3 aromatic rings. The first kappa shape index (κ1) is 18.1. The highest BCUT2D eigenvalue weighted by molar-refractivity contribution is 7.98. The van der Waals surface area contributed by atoms with Crippen molar-refractivity contribution in [3.63, 3.8) is 0 Å². The van der Waals surface area contributed by atoms with Gasteiger partial charge < -0.3 is 9.47 Å². The number of aromatic nitrogens is 3. The van der Waals surface area contributed by atoms with Gasteiger partial charge in [0.15, 0.2) is 28.3 Å². The van der Waals surface area contributed by atoms with Crippen LogP contribution in [0.5, 0.6) is 11.5 Å². The molecule has 0 aliphatic carbocycles. The van der Waals surface area contributed by atoms with Crippen LogP contribution in [0.4, 0.5) is 8.78 Å². The van der Waals surface area contributed by atoms with Gasteiger partial charge in [0.05, 0.1) is 31.2 Å². The van der Waals surface area contributed by atoms with Crippen LogP contribution in [0.1, 0.15) is 5.69 Å². The molecule has 26 heavy (non-hydrogen) atoms. The van der Waals surface area contributed by atoms with Gasteiger partial charge in [0.2, 0.25) is 0 Å². The molecule has 0 spiro atoms. The van der Waals surface area contributed by atoms with E-state index >= 15 is 0 Å². The molecule has 0 fully saturated rings. The van der Waals surface area contributed by atoms with Crippen LogP contribution in [0.2, 0.25) is 0 Å². The van der Waals surface area contributed by atoms with Crippen LogP contribution < -0.4 is 9.47 Å². The third-order valence-electron chi connectivity index (χ3n) is 3.78. The number of pyridine rings is 1. The summed E-state index contributed by atoms with van der Waals surface area (Å²) < 4.78 is 39.5. The van der Waals surface area contributed by atoms with E-state index in [0.29, 0.717) is 21.8 Å². The average molecular weight is 375 g/mol. The first-order valence-corrected chi connectivity index (χ1v) is 8.71. The van der Waals surface area contributed by atoms with E-state index in [1.54, 1.807) is 6.20 Å². The number of ether oxygens (including phenoxy) is 2. The van der Waals surface area contributed by atoms with Crippen LogP contribution in [0.3, 0.4) is 0 Å². The van der Waals surface area contributed by atoms with E-state index in [0.717, 1.165) is 6.07 Å². The van der Waals surface area contributed by atoms with Crippen molar-refractivity contribution in [2.75, 3.05) is 20.5 Å². The fraction of sp³-hybridized carbons (Fsp3) is 0.167. The molecule has 0 N–H and O–H groups in total. The molecular weight excluding hydrogens is 360 g/mol. The Kier molecular flexibility index (Phi) is 5.03. The molecule has 3 rings (SSSR count). The Labute approximate surface area is 153 Å². The number of fused-ring (bicyclic) bond motifs is 1. The van der Waals surface area contributed by atoms with Crippen molar-refractivity contribution in [3.05, 3.63) is 42.2 Å². The van der Waals surface area contributed by atoms with E-state index in [-0.39, 0.29) is 22.8 Å². The van der Waals surface area contributed by atoms with E-state index in [4.69, 9.17) is 9.47 Å². The maximum absolute atomic E-state index is 14.8. The minimum atomic E-state index is -0.866. The predicted molar refractivity (Wildman–Crippen MR) is 97.7 cm³/mol. The summed E-state index contributed by atoms with van der Waals surface area (Å²) in [5.74, 6) is -2.02. The van der Waals surface area contributed by atoms with Crippen molar-refractivity contribution < 1.29 is 18.3 Å². The van der Waals surface area contributed by atoms with E-state index in [1.807, 2.05) is 6.26 Å². The first-order chi connectivity index (χ1) is 12.5. The van der Waals surface area contributed by atoms with Crippen molar-refractivity contribution >= 4 is 28.7 Å². The number of hydrogen-bond acceptors (Lipinski definition) is 6. The molecular formula is C18H15F2N3O2S. The van der Waals surface area contributed by atoms with Crippen LogP contribution in [0.15, 0.2) is 30.1 Å². The second-order valence-corrected chi connectivity index (χ2v) is 5.95. The van der Waals surface area contributed by atoms with Crippen LogP contribution in [0, 0.1) is 11.6 Å². The highest BCUT2D eigenvalue weighted by atomic mass is 32.2. The number of nitrogens with zero attached hydrogens (tertiary/aromatic N) is 3.